The van der Waals surface area contributed by atoms with Crippen molar-refractivity contribution in [2.75, 3.05) is 27.6 Å². The third kappa shape index (κ3) is 2.26. The zero-order valence-corrected chi connectivity index (χ0v) is 16.4. The molecule has 7 nitrogen and oxygen atoms in total. The molecule has 4 aliphatic rings. The van der Waals surface area contributed by atoms with Gasteiger partial charge in [-0.25, -0.2) is 0 Å². The Kier molecular flexibility index (Phi) is 4.07. The zero-order chi connectivity index (χ0) is 19.5. The SMILES string of the molecule is CCC(=O)O[C@@H]1CN2Cc3c(cc4c(c3OC)OCO4)[C@@]13C=C[C@H](OC)C[C@H]23. The summed E-state index contributed by atoms with van der Waals surface area (Å²) >= 11 is 0. The van der Waals surface area contributed by atoms with Gasteiger partial charge in [0.25, 0.3) is 0 Å². The number of benzene rings is 1. The number of carbonyl (C=O) groups is 1. The first-order chi connectivity index (χ1) is 13.6. The van der Waals surface area contributed by atoms with Crippen LogP contribution in [0.25, 0.3) is 0 Å². The number of rotatable bonds is 4. The van der Waals surface area contributed by atoms with Crippen LogP contribution in [0.15, 0.2) is 18.2 Å². The van der Waals surface area contributed by atoms with Gasteiger partial charge in [-0.3, -0.25) is 9.69 Å². The normalized spacial score (nSPS) is 34.0. The Morgan fingerprint density at radius 1 is 1.36 bits per heavy atom. The molecule has 3 heterocycles. The number of hydrogen-bond acceptors (Lipinski definition) is 7. The van der Waals surface area contributed by atoms with E-state index in [0.29, 0.717) is 31.0 Å². The van der Waals surface area contributed by atoms with Crippen molar-refractivity contribution in [1.82, 2.24) is 4.90 Å². The monoisotopic (exact) mass is 387 g/mol. The van der Waals surface area contributed by atoms with Gasteiger partial charge in [-0.2, -0.15) is 0 Å². The second-order valence-electron chi connectivity index (χ2n) is 7.75. The molecule has 1 aliphatic carbocycles. The molecule has 3 aliphatic heterocycles. The lowest BCUT2D eigenvalue weighted by molar-refractivity contribution is -0.150. The number of ether oxygens (including phenoxy) is 5. The topological polar surface area (TPSA) is 66.5 Å². The highest BCUT2D eigenvalue weighted by atomic mass is 16.7. The summed E-state index contributed by atoms with van der Waals surface area (Å²) in [5.41, 5.74) is 1.74. The van der Waals surface area contributed by atoms with Gasteiger partial charge in [0.15, 0.2) is 11.5 Å². The van der Waals surface area contributed by atoms with Crippen molar-refractivity contribution in [2.45, 2.75) is 50.0 Å². The molecule has 150 valence electrons. The Balaban J connectivity index is 1.71. The average molecular weight is 387 g/mol. The van der Waals surface area contributed by atoms with Crippen LogP contribution in [-0.2, 0) is 26.2 Å². The highest BCUT2D eigenvalue weighted by Crippen LogP contribution is 2.57. The Bertz CT molecular complexity index is 852. The third-order valence-corrected chi connectivity index (χ3v) is 6.59. The van der Waals surface area contributed by atoms with Gasteiger partial charge >= 0.3 is 5.97 Å². The van der Waals surface area contributed by atoms with Crippen molar-refractivity contribution in [2.24, 2.45) is 0 Å². The summed E-state index contributed by atoms with van der Waals surface area (Å²) < 4.78 is 28.7. The van der Waals surface area contributed by atoms with E-state index in [0.717, 1.165) is 23.3 Å². The molecule has 0 saturated carbocycles. The van der Waals surface area contributed by atoms with Crippen LogP contribution >= 0.6 is 0 Å². The van der Waals surface area contributed by atoms with Gasteiger partial charge < -0.3 is 23.7 Å². The first-order valence-electron chi connectivity index (χ1n) is 9.78. The molecule has 1 unspecified atom stereocenters. The van der Waals surface area contributed by atoms with E-state index in [1.807, 2.05) is 6.92 Å². The van der Waals surface area contributed by atoms with E-state index in [1.165, 1.54) is 0 Å². The van der Waals surface area contributed by atoms with Gasteiger partial charge in [0.1, 0.15) is 6.10 Å². The average Bonchev–Trinajstić information content (AvgIpc) is 3.27. The maximum Gasteiger partial charge on any atom is 0.305 e. The molecule has 1 aromatic rings. The number of carbonyl (C=O) groups excluding carboxylic acids is 1. The Hall–Kier alpha value is -2.25. The molecule has 0 amide bonds. The standard InChI is InChI=1S/C21H25NO6/c1-4-18(23)28-17-10-22-9-13-14(8-15-20(19(13)25-3)27-11-26-15)21(17)6-5-12(24-2)7-16(21)22/h5-6,8,12,16-17H,4,7,9-11H2,1-3H3/t12-,16-,17+,21+/m0/s1. The third-order valence-electron chi connectivity index (χ3n) is 6.59. The summed E-state index contributed by atoms with van der Waals surface area (Å²) in [5.74, 6) is 1.89. The van der Waals surface area contributed by atoms with Crippen LogP contribution in [0.3, 0.4) is 0 Å². The van der Waals surface area contributed by atoms with Crippen molar-refractivity contribution in [3.05, 3.63) is 29.3 Å². The van der Waals surface area contributed by atoms with Crippen LogP contribution in [0.1, 0.15) is 30.9 Å². The predicted octanol–water partition coefficient (Wildman–Crippen LogP) is 2.16. The molecule has 28 heavy (non-hydrogen) atoms. The highest BCUT2D eigenvalue weighted by molar-refractivity contribution is 5.70. The quantitative estimate of drug-likeness (QED) is 0.579. The van der Waals surface area contributed by atoms with Gasteiger partial charge in [0.2, 0.25) is 12.5 Å². The van der Waals surface area contributed by atoms with E-state index >= 15 is 0 Å². The molecular weight excluding hydrogens is 362 g/mol. The molecule has 0 aromatic heterocycles. The maximum absolute atomic E-state index is 12.2. The van der Waals surface area contributed by atoms with Crippen molar-refractivity contribution in [3.8, 4) is 17.2 Å². The van der Waals surface area contributed by atoms with Crippen molar-refractivity contribution >= 4 is 5.97 Å². The van der Waals surface area contributed by atoms with Crippen molar-refractivity contribution < 1.29 is 28.5 Å². The molecule has 1 saturated heterocycles. The molecule has 1 aromatic carbocycles. The van der Waals surface area contributed by atoms with E-state index in [1.54, 1.807) is 14.2 Å². The lowest BCUT2D eigenvalue weighted by Crippen LogP contribution is -2.53. The highest BCUT2D eigenvalue weighted by Gasteiger charge is 2.61. The minimum absolute atomic E-state index is 0.0544. The minimum atomic E-state index is -0.443. The van der Waals surface area contributed by atoms with Crippen LogP contribution in [-0.4, -0.2) is 56.7 Å². The van der Waals surface area contributed by atoms with Crippen LogP contribution in [0.4, 0.5) is 0 Å². The van der Waals surface area contributed by atoms with Gasteiger partial charge in [-0.15, -0.1) is 0 Å². The summed E-state index contributed by atoms with van der Waals surface area (Å²) in [7, 11) is 3.39. The lowest BCUT2D eigenvalue weighted by atomic mass is 9.65. The van der Waals surface area contributed by atoms with Crippen LogP contribution in [0.5, 0.6) is 17.2 Å². The molecule has 0 radical (unpaired) electrons. The molecule has 1 fully saturated rings. The number of esters is 1. The molecule has 0 spiro atoms. The Morgan fingerprint density at radius 3 is 2.96 bits per heavy atom. The molecular formula is C21H25NO6. The fraction of sp³-hybridized carbons (Fsp3) is 0.571. The Labute approximate surface area is 164 Å². The second kappa shape index (κ2) is 6.39. The van der Waals surface area contributed by atoms with Crippen LogP contribution in [0.2, 0.25) is 0 Å². The maximum atomic E-state index is 12.2. The first-order valence-corrected chi connectivity index (χ1v) is 9.78. The number of methoxy groups -OCH3 is 2. The number of fused-ring (bicyclic) bond motifs is 2. The van der Waals surface area contributed by atoms with Gasteiger partial charge in [-0.1, -0.05) is 19.1 Å². The zero-order valence-electron chi connectivity index (χ0n) is 16.4. The van der Waals surface area contributed by atoms with Crippen molar-refractivity contribution in [3.63, 3.8) is 0 Å². The molecule has 5 atom stereocenters. The summed E-state index contributed by atoms with van der Waals surface area (Å²) in [5, 5.41) is 0. The van der Waals surface area contributed by atoms with E-state index in [-0.39, 0.29) is 31.0 Å². The smallest absolute Gasteiger partial charge is 0.305 e. The number of hydrogen-bond donors (Lipinski definition) is 0. The van der Waals surface area contributed by atoms with Crippen LogP contribution in [0, 0.1) is 0 Å². The van der Waals surface area contributed by atoms with E-state index < -0.39 is 5.41 Å². The second-order valence-corrected chi connectivity index (χ2v) is 7.75. The molecule has 2 bridgehead atoms. The molecule has 7 heteroatoms. The van der Waals surface area contributed by atoms with E-state index in [2.05, 4.69) is 23.1 Å². The van der Waals surface area contributed by atoms with Gasteiger partial charge in [-0.05, 0) is 18.1 Å². The molecule has 0 N–H and O–H groups in total. The fourth-order valence-corrected chi connectivity index (χ4v) is 5.32. The van der Waals surface area contributed by atoms with Gasteiger partial charge in [0, 0.05) is 38.2 Å². The fourth-order valence-electron chi connectivity index (χ4n) is 5.32. The molecule has 5 rings (SSSR count). The minimum Gasteiger partial charge on any atom is -0.492 e. The lowest BCUT2D eigenvalue weighted by Gasteiger charge is -2.46. The van der Waals surface area contributed by atoms with E-state index in [9.17, 15) is 4.79 Å². The van der Waals surface area contributed by atoms with Crippen LogP contribution < -0.4 is 14.2 Å². The predicted molar refractivity (Wildman–Crippen MR) is 99.7 cm³/mol. The summed E-state index contributed by atoms with van der Waals surface area (Å²) in [4.78, 5) is 14.6. The van der Waals surface area contributed by atoms with Gasteiger partial charge in [0.05, 0.1) is 18.6 Å². The summed E-state index contributed by atoms with van der Waals surface area (Å²) in [6.07, 6.45) is 5.29. The summed E-state index contributed by atoms with van der Waals surface area (Å²) in [6, 6.07) is 2.25. The van der Waals surface area contributed by atoms with E-state index in [4.69, 9.17) is 23.7 Å². The number of nitrogens with zero attached hydrogens (tertiary/aromatic N) is 1. The Morgan fingerprint density at radius 2 is 2.21 bits per heavy atom. The largest absolute Gasteiger partial charge is 0.492 e. The van der Waals surface area contributed by atoms with Crippen molar-refractivity contribution in [1.29, 1.82) is 0 Å². The summed E-state index contributed by atoms with van der Waals surface area (Å²) in [6.45, 7) is 3.41. The first kappa shape index (κ1) is 17.8.